The third-order valence-corrected chi connectivity index (χ3v) is 8.27. The van der Waals surface area contributed by atoms with Crippen molar-refractivity contribution in [1.82, 2.24) is 4.31 Å². The summed E-state index contributed by atoms with van der Waals surface area (Å²) in [5, 5.41) is -0.00439. The van der Waals surface area contributed by atoms with Crippen molar-refractivity contribution in [1.29, 1.82) is 0 Å². The Hall–Kier alpha value is -1.68. The molecule has 0 amide bonds. The maximum atomic E-state index is 14.0. The molecule has 0 aromatic heterocycles. The molecule has 1 saturated heterocycles. The lowest BCUT2D eigenvalue weighted by atomic mass is 10.2. The number of benzene rings is 2. The van der Waals surface area contributed by atoms with Gasteiger partial charge in [0, 0.05) is 13.1 Å². The Labute approximate surface area is 169 Å². The second-order valence-corrected chi connectivity index (χ2v) is 10.6. The number of nitrogens with one attached hydrogen (secondary N) is 1. The normalized spacial score (nSPS) is 16.1. The van der Waals surface area contributed by atoms with Crippen LogP contribution in [0, 0.1) is 12.7 Å². The summed E-state index contributed by atoms with van der Waals surface area (Å²) in [4.78, 5) is -0.691. The van der Waals surface area contributed by atoms with Crippen LogP contribution in [-0.4, -0.2) is 34.2 Å². The molecular weight excluding hydrogens is 427 g/mol. The molecule has 28 heavy (non-hydrogen) atoms. The van der Waals surface area contributed by atoms with Crippen molar-refractivity contribution in [3.05, 3.63) is 52.8 Å². The van der Waals surface area contributed by atoms with E-state index < -0.39 is 30.8 Å². The summed E-state index contributed by atoms with van der Waals surface area (Å²) in [5.41, 5.74) is 0.562. The number of nitrogens with zero attached hydrogens (tertiary/aromatic N) is 1. The van der Waals surface area contributed by atoms with E-state index in [1.54, 1.807) is 6.92 Å². The molecule has 1 fully saturated rings. The third-order valence-electron chi connectivity index (χ3n) is 4.49. The van der Waals surface area contributed by atoms with Gasteiger partial charge in [0.15, 0.2) is 0 Å². The van der Waals surface area contributed by atoms with E-state index in [1.165, 1.54) is 28.6 Å². The topological polar surface area (TPSA) is 83.5 Å². The summed E-state index contributed by atoms with van der Waals surface area (Å²) >= 11 is 6.09. The molecule has 2 aromatic carbocycles. The van der Waals surface area contributed by atoms with Gasteiger partial charge in [-0.1, -0.05) is 24.1 Å². The maximum Gasteiger partial charge on any atom is 0.264 e. The second kappa shape index (κ2) is 7.98. The Bertz CT molecular complexity index is 1100. The second-order valence-electron chi connectivity index (χ2n) is 6.65. The Morgan fingerprint density at radius 3 is 2.32 bits per heavy atom. The van der Waals surface area contributed by atoms with Gasteiger partial charge in [-0.25, -0.2) is 21.2 Å². The van der Waals surface area contributed by atoms with Crippen molar-refractivity contribution in [3.8, 4) is 0 Å². The molecule has 0 aliphatic carbocycles. The lowest BCUT2D eigenvalue weighted by Crippen LogP contribution is -2.35. The number of rotatable bonds is 5. The van der Waals surface area contributed by atoms with E-state index in [4.69, 9.17) is 11.6 Å². The highest BCUT2D eigenvalue weighted by atomic mass is 35.5. The SMILES string of the molecule is Cc1ccc(F)c(S(=O)(=O)Nc2ccc(Cl)c(S(=O)(=O)N3CCCCC3)c2)c1. The van der Waals surface area contributed by atoms with Crippen LogP contribution in [0.5, 0.6) is 0 Å². The molecule has 1 aliphatic rings. The summed E-state index contributed by atoms with van der Waals surface area (Å²) in [5.74, 6) is -0.895. The summed E-state index contributed by atoms with van der Waals surface area (Å²) < 4.78 is 68.5. The van der Waals surface area contributed by atoms with Gasteiger partial charge in [0.25, 0.3) is 10.0 Å². The van der Waals surface area contributed by atoms with Gasteiger partial charge in [-0.2, -0.15) is 4.31 Å². The number of anilines is 1. The van der Waals surface area contributed by atoms with Crippen LogP contribution in [0.25, 0.3) is 0 Å². The first-order chi connectivity index (χ1) is 13.1. The maximum absolute atomic E-state index is 14.0. The van der Waals surface area contributed by atoms with Crippen LogP contribution in [0.4, 0.5) is 10.1 Å². The smallest absolute Gasteiger partial charge is 0.264 e. The summed E-state index contributed by atoms with van der Waals surface area (Å²) in [6, 6.07) is 7.54. The molecule has 1 aliphatic heterocycles. The molecule has 0 saturated carbocycles. The fourth-order valence-corrected chi connectivity index (χ4v) is 6.27. The monoisotopic (exact) mass is 446 g/mol. The van der Waals surface area contributed by atoms with Crippen LogP contribution >= 0.6 is 11.6 Å². The van der Waals surface area contributed by atoms with Crippen LogP contribution in [0.3, 0.4) is 0 Å². The van der Waals surface area contributed by atoms with E-state index in [1.807, 2.05) is 0 Å². The number of hydrogen-bond acceptors (Lipinski definition) is 4. The van der Waals surface area contributed by atoms with Crippen molar-refractivity contribution in [2.45, 2.75) is 36.0 Å². The molecule has 0 spiro atoms. The standard InChI is InChI=1S/C18H20ClFN2O4S2/c1-13-5-8-16(20)18(11-13)27(23,24)21-14-6-7-15(19)17(12-14)28(25,26)22-9-3-2-4-10-22/h5-8,11-12,21H,2-4,9-10H2,1H3. The molecule has 10 heteroatoms. The molecule has 0 atom stereocenters. The van der Waals surface area contributed by atoms with Crippen molar-refractivity contribution in [2.75, 3.05) is 17.8 Å². The lowest BCUT2D eigenvalue weighted by molar-refractivity contribution is 0.346. The number of hydrogen-bond donors (Lipinski definition) is 1. The van der Waals surface area contributed by atoms with Crippen LogP contribution in [0.2, 0.25) is 5.02 Å². The number of sulfonamides is 2. The van der Waals surface area contributed by atoms with Gasteiger partial charge >= 0.3 is 0 Å². The zero-order valence-electron chi connectivity index (χ0n) is 15.2. The highest BCUT2D eigenvalue weighted by Crippen LogP contribution is 2.30. The molecule has 0 unspecified atom stereocenters. The fourth-order valence-electron chi connectivity index (χ4n) is 3.04. The quantitative estimate of drug-likeness (QED) is 0.757. The average Bonchev–Trinajstić information content (AvgIpc) is 2.65. The Morgan fingerprint density at radius 1 is 0.964 bits per heavy atom. The predicted octanol–water partition coefficient (Wildman–Crippen LogP) is 3.76. The molecule has 1 N–H and O–H groups in total. The summed E-state index contributed by atoms with van der Waals surface area (Å²) in [6.07, 6.45) is 2.48. The van der Waals surface area contributed by atoms with E-state index in [2.05, 4.69) is 4.72 Å². The number of halogens is 2. The van der Waals surface area contributed by atoms with Gasteiger partial charge in [0.1, 0.15) is 15.6 Å². The van der Waals surface area contributed by atoms with Gasteiger partial charge in [-0.05, 0) is 55.7 Å². The minimum Gasteiger partial charge on any atom is -0.279 e. The highest BCUT2D eigenvalue weighted by Gasteiger charge is 2.29. The molecule has 3 rings (SSSR count). The Kier molecular flexibility index (Phi) is 6.00. The summed E-state index contributed by atoms with van der Waals surface area (Å²) in [7, 11) is -8.10. The van der Waals surface area contributed by atoms with E-state index in [9.17, 15) is 21.2 Å². The molecule has 1 heterocycles. The van der Waals surface area contributed by atoms with Crippen LogP contribution in [0.1, 0.15) is 24.8 Å². The number of piperidine rings is 1. The van der Waals surface area contributed by atoms with E-state index in [-0.39, 0.29) is 15.6 Å². The molecular formula is C18H20ClFN2O4S2. The van der Waals surface area contributed by atoms with Crippen LogP contribution < -0.4 is 4.72 Å². The molecule has 6 nitrogen and oxygen atoms in total. The molecule has 2 aromatic rings. The Balaban J connectivity index is 1.96. The zero-order chi connectivity index (χ0) is 20.5. The van der Waals surface area contributed by atoms with Crippen molar-refractivity contribution in [2.24, 2.45) is 0 Å². The third kappa shape index (κ3) is 4.32. The van der Waals surface area contributed by atoms with Crippen LogP contribution in [0.15, 0.2) is 46.2 Å². The molecule has 152 valence electrons. The van der Waals surface area contributed by atoms with E-state index in [0.717, 1.165) is 31.4 Å². The van der Waals surface area contributed by atoms with Crippen molar-refractivity contribution < 1.29 is 21.2 Å². The van der Waals surface area contributed by atoms with Crippen molar-refractivity contribution >= 4 is 37.3 Å². The van der Waals surface area contributed by atoms with Gasteiger partial charge in [0.05, 0.1) is 10.7 Å². The first-order valence-corrected chi connectivity index (χ1v) is 12.0. The minimum atomic E-state index is -4.24. The van der Waals surface area contributed by atoms with Gasteiger partial charge in [-0.15, -0.1) is 0 Å². The molecule has 0 bridgehead atoms. The predicted molar refractivity (Wildman–Crippen MR) is 106 cm³/mol. The summed E-state index contributed by atoms with van der Waals surface area (Å²) in [6.45, 7) is 2.43. The first kappa shape index (κ1) is 21.0. The highest BCUT2D eigenvalue weighted by molar-refractivity contribution is 7.92. The first-order valence-electron chi connectivity index (χ1n) is 8.70. The minimum absolute atomic E-state index is 0.00439. The average molecular weight is 447 g/mol. The zero-order valence-corrected chi connectivity index (χ0v) is 17.5. The number of aryl methyl sites for hydroxylation is 1. The van der Waals surface area contributed by atoms with Crippen molar-refractivity contribution in [3.63, 3.8) is 0 Å². The van der Waals surface area contributed by atoms with Gasteiger partial charge in [0.2, 0.25) is 10.0 Å². The molecule has 0 radical (unpaired) electrons. The largest absolute Gasteiger partial charge is 0.279 e. The lowest BCUT2D eigenvalue weighted by Gasteiger charge is -2.26. The fraction of sp³-hybridized carbons (Fsp3) is 0.333. The van der Waals surface area contributed by atoms with Gasteiger partial charge in [-0.3, -0.25) is 4.72 Å². The van der Waals surface area contributed by atoms with E-state index >= 15 is 0 Å². The van der Waals surface area contributed by atoms with E-state index in [0.29, 0.717) is 18.7 Å². The van der Waals surface area contributed by atoms with Crippen LogP contribution in [-0.2, 0) is 20.0 Å². The van der Waals surface area contributed by atoms with Gasteiger partial charge < -0.3 is 0 Å². The Morgan fingerprint density at radius 2 is 1.64 bits per heavy atom.